The number of nitrogens with zero attached hydrogens (tertiary/aromatic N) is 1. The lowest BCUT2D eigenvalue weighted by atomic mass is 9.83. The van der Waals surface area contributed by atoms with E-state index in [1.807, 2.05) is 54.6 Å². The van der Waals surface area contributed by atoms with Crippen LogP contribution in [0.25, 0.3) is 0 Å². The third-order valence-corrected chi connectivity index (χ3v) is 10.6. The zero-order valence-electron chi connectivity index (χ0n) is 35.3. The molecule has 2 atom stereocenters. The van der Waals surface area contributed by atoms with Crippen molar-refractivity contribution in [3.05, 3.63) is 179 Å². The third-order valence-electron chi connectivity index (χ3n) is 10.2. The van der Waals surface area contributed by atoms with E-state index in [-0.39, 0.29) is 12.2 Å². The normalized spacial score (nSPS) is 15.8. The lowest BCUT2D eigenvalue weighted by molar-refractivity contribution is -0.137. The van der Waals surface area contributed by atoms with Crippen molar-refractivity contribution < 1.29 is 18.9 Å². The largest absolute Gasteiger partial charge is 0.374 e. The van der Waals surface area contributed by atoms with Crippen LogP contribution >= 0.6 is 12.6 Å². The zero-order chi connectivity index (χ0) is 41.4. The first-order chi connectivity index (χ1) is 29.2. The first kappa shape index (κ1) is 47.5. The van der Waals surface area contributed by atoms with Crippen molar-refractivity contribution in [2.24, 2.45) is 5.92 Å². The first-order valence-corrected chi connectivity index (χ1v) is 22.1. The van der Waals surface area contributed by atoms with Gasteiger partial charge in [-0.3, -0.25) is 4.90 Å². The molecular formula is C53H67NO4S. The van der Waals surface area contributed by atoms with Crippen molar-refractivity contribution in [3.8, 4) is 12.3 Å². The summed E-state index contributed by atoms with van der Waals surface area (Å²) in [6.45, 7) is 9.24. The summed E-state index contributed by atoms with van der Waals surface area (Å²) in [5, 5.41) is 0. The lowest BCUT2D eigenvalue weighted by Gasteiger charge is -2.31. The van der Waals surface area contributed by atoms with Crippen LogP contribution < -0.4 is 0 Å². The topological polar surface area (TPSA) is 40.2 Å². The van der Waals surface area contributed by atoms with Gasteiger partial charge in [0.1, 0.15) is 12.7 Å². The number of hydrogen-bond acceptors (Lipinski definition) is 6. The molecule has 2 fully saturated rings. The van der Waals surface area contributed by atoms with Gasteiger partial charge in [0.15, 0.2) is 0 Å². The molecule has 1 saturated heterocycles. The maximum atomic E-state index is 6.08. The Morgan fingerprint density at radius 3 is 1.61 bits per heavy atom. The molecule has 0 amide bonds. The second kappa shape index (κ2) is 30.8. The van der Waals surface area contributed by atoms with E-state index in [1.54, 1.807) is 0 Å². The van der Waals surface area contributed by atoms with Crippen LogP contribution in [0.4, 0.5) is 0 Å². The molecule has 59 heavy (non-hydrogen) atoms. The van der Waals surface area contributed by atoms with Crippen LogP contribution in [-0.2, 0) is 51.0 Å². The molecule has 1 heterocycles. The van der Waals surface area contributed by atoms with Gasteiger partial charge in [-0.1, -0.05) is 184 Å². The summed E-state index contributed by atoms with van der Waals surface area (Å²) in [7, 11) is 0. The zero-order valence-corrected chi connectivity index (χ0v) is 36.2. The van der Waals surface area contributed by atoms with Crippen LogP contribution in [0, 0.1) is 18.3 Å². The van der Waals surface area contributed by atoms with E-state index >= 15 is 0 Å². The smallest absolute Gasteiger partial charge is 0.107 e. The molecule has 1 aliphatic heterocycles. The number of rotatable bonds is 18. The van der Waals surface area contributed by atoms with Crippen LogP contribution in [0.5, 0.6) is 0 Å². The van der Waals surface area contributed by atoms with Crippen molar-refractivity contribution >= 4 is 12.6 Å². The Kier molecular flexibility index (Phi) is 24.8. The number of ether oxygens (including phenoxy) is 4. The monoisotopic (exact) mass is 813 g/mol. The van der Waals surface area contributed by atoms with E-state index in [9.17, 15) is 0 Å². The average molecular weight is 814 g/mol. The molecule has 0 radical (unpaired) electrons. The lowest BCUT2D eigenvalue weighted by Crippen LogP contribution is -2.39. The minimum Gasteiger partial charge on any atom is -0.374 e. The second-order valence-electron chi connectivity index (χ2n) is 15.1. The van der Waals surface area contributed by atoms with Gasteiger partial charge in [0.2, 0.25) is 0 Å². The molecule has 5 nitrogen and oxygen atoms in total. The molecule has 2 unspecified atom stereocenters. The van der Waals surface area contributed by atoms with Crippen LogP contribution in [0.3, 0.4) is 0 Å². The Bertz CT molecular complexity index is 1710. The fourth-order valence-electron chi connectivity index (χ4n) is 6.71. The molecular weight excluding hydrogens is 747 g/mol. The third kappa shape index (κ3) is 21.1. The van der Waals surface area contributed by atoms with Gasteiger partial charge in [-0.05, 0) is 66.0 Å². The maximum absolute atomic E-state index is 6.08. The highest BCUT2D eigenvalue weighted by atomic mass is 32.1. The molecule has 0 spiro atoms. The Morgan fingerprint density at radius 2 is 1.15 bits per heavy atom. The van der Waals surface area contributed by atoms with Gasteiger partial charge >= 0.3 is 0 Å². The molecule has 314 valence electrons. The van der Waals surface area contributed by atoms with Crippen molar-refractivity contribution in [2.45, 2.75) is 96.1 Å². The summed E-state index contributed by atoms with van der Waals surface area (Å²) in [5.74, 6) is 4.20. The summed E-state index contributed by atoms with van der Waals surface area (Å²) in [4.78, 5) is 2.60. The Labute approximate surface area is 361 Å². The van der Waals surface area contributed by atoms with Gasteiger partial charge in [0.05, 0.1) is 25.9 Å². The van der Waals surface area contributed by atoms with Crippen molar-refractivity contribution in [1.82, 2.24) is 4.90 Å². The predicted molar refractivity (Wildman–Crippen MR) is 248 cm³/mol. The summed E-state index contributed by atoms with van der Waals surface area (Å²) in [6, 6.07) is 52.4. The molecule has 1 aliphatic carbocycles. The summed E-state index contributed by atoms with van der Waals surface area (Å²) < 4.78 is 22.7. The van der Waals surface area contributed by atoms with Gasteiger partial charge < -0.3 is 18.9 Å². The number of benzene rings is 5. The van der Waals surface area contributed by atoms with E-state index in [0.717, 1.165) is 57.2 Å². The highest BCUT2D eigenvalue weighted by Gasteiger charge is 2.27. The van der Waals surface area contributed by atoms with E-state index < -0.39 is 0 Å². The molecule has 0 bridgehead atoms. The molecule has 0 N–H and O–H groups in total. The Balaban J connectivity index is 0.000000195. The van der Waals surface area contributed by atoms with E-state index in [4.69, 9.17) is 25.4 Å². The quantitative estimate of drug-likeness (QED) is 0.0542. The van der Waals surface area contributed by atoms with Gasteiger partial charge in [0, 0.05) is 32.1 Å². The van der Waals surface area contributed by atoms with Crippen LogP contribution in [0.2, 0.25) is 0 Å². The molecule has 7 rings (SSSR count). The summed E-state index contributed by atoms with van der Waals surface area (Å²) >= 11 is 4.11. The molecule has 5 aromatic rings. The standard InChI is InChI=1S/C20H25N.C20H24O3.C7H8S.C6H10O/c1-3-8-19(9-4-1)16-21(15-14-18-12-7-13-18)17-20-10-5-2-6-11-20;1-3-8-17(9-4-1)14-21-16-20-19(12-7-13-22-20)23-15-18-10-5-2-6-11-18;8-6-7-4-2-1-3-5-7;1-3-5-7-6-4-2/h1-6,8-11,18H,7,12-17H2;1-6,8-11,19-20H,7,12-16H2;1-5,8H,6H2;1H,4-6H2,2H3. The molecule has 6 heteroatoms. The second-order valence-corrected chi connectivity index (χ2v) is 15.4. The van der Waals surface area contributed by atoms with E-state index in [2.05, 4.69) is 127 Å². The van der Waals surface area contributed by atoms with Crippen LogP contribution in [-0.4, -0.2) is 50.1 Å². The SMILES string of the molecule is C#CCOCCC.SCc1ccccc1.c1ccc(CN(CCC2CCC2)Cc2ccccc2)cc1.c1ccc(COCC2OCCCC2OCc2ccccc2)cc1. The fraction of sp³-hybridized carbons (Fsp3) is 0.396. The Hall–Kier alpha value is -4.19. The Morgan fingerprint density at radius 1 is 0.644 bits per heavy atom. The number of terminal acetylenes is 1. The van der Waals surface area contributed by atoms with E-state index in [1.165, 1.54) is 60.0 Å². The number of hydrogen-bond donors (Lipinski definition) is 1. The number of thiol groups is 1. The van der Waals surface area contributed by atoms with Gasteiger partial charge in [0.25, 0.3) is 0 Å². The summed E-state index contributed by atoms with van der Waals surface area (Å²) in [5.41, 5.74) is 6.49. The first-order valence-electron chi connectivity index (χ1n) is 21.5. The van der Waals surface area contributed by atoms with Crippen LogP contribution in [0.1, 0.15) is 79.7 Å². The molecule has 0 aromatic heterocycles. The van der Waals surface area contributed by atoms with Crippen molar-refractivity contribution in [1.29, 1.82) is 0 Å². The van der Waals surface area contributed by atoms with Crippen molar-refractivity contribution in [2.75, 3.05) is 33.0 Å². The highest BCUT2D eigenvalue weighted by molar-refractivity contribution is 7.79. The maximum Gasteiger partial charge on any atom is 0.107 e. The molecule has 2 aliphatic rings. The van der Waals surface area contributed by atoms with Crippen molar-refractivity contribution in [3.63, 3.8) is 0 Å². The van der Waals surface area contributed by atoms with E-state index in [0.29, 0.717) is 26.4 Å². The summed E-state index contributed by atoms with van der Waals surface area (Å²) in [6.07, 6.45) is 13.9. The minimum atomic E-state index is 0.0242. The minimum absolute atomic E-state index is 0.0242. The van der Waals surface area contributed by atoms with Gasteiger partial charge in [-0.25, -0.2) is 0 Å². The van der Waals surface area contributed by atoms with Crippen LogP contribution in [0.15, 0.2) is 152 Å². The van der Waals surface area contributed by atoms with Gasteiger partial charge in [-0.2, -0.15) is 12.6 Å². The fourth-order valence-corrected chi connectivity index (χ4v) is 6.92. The van der Waals surface area contributed by atoms with Gasteiger partial charge in [-0.15, -0.1) is 6.42 Å². The molecule has 5 aromatic carbocycles. The highest BCUT2D eigenvalue weighted by Crippen LogP contribution is 2.30. The molecule has 1 saturated carbocycles. The average Bonchev–Trinajstić information content (AvgIpc) is 3.28. The predicted octanol–water partition coefficient (Wildman–Crippen LogP) is 12.0.